The topological polar surface area (TPSA) is 126 Å². The van der Waals surface area contributed by atoms with Gasteiger partial charge in [-0.05, 0) is 43.3 Å². The number of rotatable bonds is 6. The van der Waals surface area contributed by atoms with Gasteiger partial charge in [-0.3, -0.25) is 10.1 Å². The standard InChI is InChI=1S/C18H11F4NO8S/c1-2-29-17(24)14-13-11(30-16(14)9-3-5-10(19)6-4-9)7-8-12(15(13)23(25)26)31-32(27,28)18(20,21)22/h3-8H,2H2,1H3. The molecule has 0 aliphatic rings. The molecule has 0 saturated heterocycles. The van der Waals surface area contributed by atoms with Crippen LogP contribution in [-0.4, -0.2) is 31.4 Å². The summed E-state index contributed by atoms with van der Waals surface area (Å²) in [5, 5.41) is 11.1. The van der Waals surface area contributed by atoms with Gasteiger partial charge in [0.05, 0.1) is 11.5 Å². The van der Waals surface area contributed by atoms with Crippen molar-refractivity contribution in [3.63, 3.8) is 0 Å². The van der Waals surface area contributed by atoms with Crippen LogP contribution in [0, 0.1) is 15.9 Å². The number of ether oxygens (including phenoxy) is 1. The number of hydrogen-bond donors (Lipinski definition) is 0. The summed E-state index contributed by atoms with van der Waals surface area (Å²) in [5.74, 6) is -3.39. The Morgan fingerprint density at radius 1 is 1.16 bits per heavy atom. The minimum atomic E-state index is -6.26. The van der Waals surface area contributed by atoms with E-state index in [9.17, 15) is 40.9 Å². The second kappa shape index (κ2) is 8.11. The molecule has 0 aliphatic heterocycles. The molecule has 1 heterocycles. The molecule has 0 amide bonds. The molecule has 9 nitrogen and oxygen atoms in total. The summed E-state index contributed by atoms with van der Waals surface area (Å²) < 4.78 is 88.6. The van der Waals surface area contributed by atoms with Crippen LogP contribution in [0.15, 0.2) is 40.8 Å². The van der Waals surface area contributed by atoms with Gasteiger partial charge in [0, 0.05) is 5.56 Å². The zero-order chi connectivity index (χ0) is 23.8. The van der Waals surface area contributed by atoms with Crippen molar-refractivity contribution in [2.75, 3.05) is 6.61 Å². The molecule has 3 aromatic rings. The molecule has 2 aromatic carbocycles. The van der Waals surface area contributed by atoms with Crippen LogP contribution in [0.5, 0.6) is 5.75 Å². The largest absolute Gasteiger partial charge is 0.534 e. The highest BCUT2D eigenvalue weighted by Gasteiger charge is 2.49. The molecule has 0 atom stereocenters. The van der Waals surface area contributed by atoms with Crippen LogP contribution in [0.25, 0.3) is 22.3 Å². The monoisotopic (exact) mass is 477 g/mol. The van der Waals surface area contributed by atoms with Crippen molar-refractivity contribution in [1.29, 1.82) is 0 Å². The van der Waals surface area contributed by atoms with Gasteiger partial charge in [0.15, 0.2) is 0 Å². The Morgan fingerprint density at radius 2 is 1.78 bits per heavy atom. The molecule has 0 spiro atoms. The van der Waals surface area contributed by atoms with E-state index in [0.717, 1.165) is 18.2 Å². The second-order valence-electron chi connectivity index (χ2n) is 6.06. The smallest absolute Gasteiger partial charge is 0.462 e. The van der Waals surface area contributed by atoms with Crippen molar-refractivity contribution in [3.8, 4) is 17.1 Å². The third-order valence-electron chi connectivity index (χ3n) is 4.04. The molecule has 170 valence electrons. The molecule has 0 fully saturated rings. The lowest BCUT2D eigenvalue weighted by Crippen LogP contribution is -2.28. The van der Waals surface area contributed by atoms with Crippen LogP contribution in [0.1, 0.15) is 17.3 Å². The molecule has 1 aromatic heterocycles. The Hall–Kier alpha value is -3.68. The zero-order valence-corrected chi connectivity index (χ0v) is 16.6. The van der Waals surface area contributed by atoms with Crippen molar-refractivity contribution < 1.29 is 49.0 Å². The van der Waals surface area contributed by atoms with E-state index in [-0.39, 0.29) is 23.5 Å². The molecule has 14 heteroatoms. The molecular formula is C18H11F4NO8S. The van der Waals surface area contributed by atoms with Crippen LogP contribution in [-0.2, 0) is 14.9 Å². The zero-order valence-electron chi connectivity index (χ0n) is 15.8. The second-order valence-corrected chi connectivity index (χ2v) is 7.60. The predicted octanol–water partition coefficient (Wildman–Crippen LogP) is 4.55. The maximum absolute atomic E-state index is 13.3. The highest BCUT2D eigenvalue weighted by molar-refractivity contribution is 7.88. The first-order chi connectivity index (χ1) is 14.9. The average Bonchev–Trinajstić information content (AvgIpc) is 3.06. The lowest BCUT2D eigenvalue weighted by molar-refractivity contribution is -0.383. The van der Waals surface area contributed by atoms with Crippen molar-refractivity contribution in [1.82, 2.24) is 0 Å². The minimum Gasteiger partial charge on any atom is -0.462 e. The molecule has 0 unspecified atom stereocenters. The molecular weight excluding hydrogens is 466 g/mol. The number of alkyl halides is 3. The lowest BCUT2D eigenvalue weighted by Gasteiger charge is -2.10. The number of carbonyl (C=O) groups excluding carboxylic acids is 1. The van der Waals surface area contributed by atoms with E-state index < -0.39 is 54.7 Å². The number of nitro benzene ring substituents is 1. The number of fused-ring (bicyclic) bond motifs is 1. The fraction of sp³-hybridized carbons (Fsp3) is 0.167. The van der Waals surface area contributed by atoms with E-state index in [1.54, 1.807) is 0 Å². The van der Waals surface area contributed by atoms with Gasteiger partial charge >= 0.3 is 27.3 Å². The first kappa shape index (κ1) is 23.0. The molecule has 0 radical (unpaired) electrons. The number of nitro groups is 1. The van der Waals surface area contributed by atoms with Gasteiger partial charge in [-0.25, -0.2) is 9.18 Å². The molecule has 0 aliphatic carbocycles. The molecule has 0 N–H and O–H groups in total. The summed E-state index contributed by atoms with van der Waals surface area (Å²) in [6.45, 7) is 1.25. The fourth-order valence-electron chi connectivity index (χ4n) is 2.77. The van der Waals surface area contributed by atoms with E-state index in [2.05, 4.69) is 4.18 Å². The highest BCUT2D eigenvalue weighted by Crippen LogP contribution is 2.44. The number of esters is 1. The third kappa shape index (κ3) is 4.08. The highest BCUT2D eigenvalue weighted by atomic mass is 32.2. The summed E-state index contributed by atoms with van der Waals surface area (Å²) in [6.07, 6.45) is 0. The van der Waals surface area contributed by atoms with Gasteiger partial charge in [-0.1, -0.05) is 0 Å². The number of halogens is 4. The van der Waals surface area contributed by atoms with Crippen molar-refractivity contribution in [3.05, 3.63) is 57.9 Å². The lowest BCUT2D eigenvalue weighted by atomic mass is 10.0. The van der Waals surface area contributed by atoms with Crippen LogP contribution in [0.4, 0.5) is 23.2 Å². The summed E-state index contributed by atoms with van der Waals surface area (Å²) in [7, 11) is -6.26. The Labute approximate surface area is 176 Å². The number of hydrogen-bond acceptors (Lipinski definition) is 8. The van der Waals surface area contributed by atoms with Crippen LogP contribution in [0.2, 0.25) is 0 Å². The number of nitrogens with zero attached hydrogens (tertiary/aromatic N) is 1. The number of carbonyl (C=O) groups is 1. The normalized spacial score (nSPS) is 12.0. The van der Waals surface area contributed by atoms with Gasteiger partial charge < -0.3 is 13.3 Å². The molecule has 0 bridgehead atoms. The van der Waals surface area contributed by atoms with E-state index in [1.165, 1.54) is 19.1 Å². The van der Waals surface area contributed by atoms with Crippen LogP contribution < -0.4 is 4.18 Å². The maximum atomic E-state index is 13.3. The van der Waals surface area contributed by atoms with E-state index in [0.29, 0.717) is 6.07 Å². The van der Waals surface area contributed by atoms with Gasteiger partial charge in [-0.2, -0.15) is 21.6 Å². The van der Waals surface area contributed by atoms with E-state index >= 15 is 0 Å². The number of benzene rings is 2. The summed E-state index contributed by atoms with van der Waals surface area (Å²) in [6, 6.07) is 5.86. The van der Waals surface area contributed by atoms with Crippen molar-refractivity contribution in [2.45, 2.75) is 12.4 Å². The fourth-order valence-corrected chi connectivity index (χ4v) is 3.24. The third-order valence-corrected chi connectivity index (χ3v) is 5.01. The SMILES string of the molecule is CCOC(=O)c1c(-c2ccc(F)cc2)oc2ccc(OS(=O)(=O)C(F)(F)F)c([N+](=O)[O-])c12. The van der Waals surface area contributed by atoms with Crippen LogP contribution in [0.3, 0.4) is 0 Å². The molecule has 3 rings (SSSR count). The van der Waals surface area contributed by atoms with E-state index in [4.69, 9.17) is 9.15 Å². The first-order valence-electron chi connectivity index (χ1n) is 8.55. The minimum absolute atomic E-state index is 0.0883. The van der Waals surface area contributed by atoms with Gasteiger partial charge in [0.1, 0.15) is 28.1 Å². The Bertz CT molecular complexity index is 1310. The van der Waals surface area contributed by atoms with Crippen LogP contribution >= 0.6 is 0 Å². The Kier molecular flexibility index (Phi) is 5.82. The van der Waals surface area contributed by atoms with Crippen molar-refractivity contribution >= 4 is 32.7 Å². The maximum Gasteiger partial charge on any atom is 0.534 e. The summed E-state index contributed by atoms with van der Waals surface area (Å²) >= 11 is 0. The number of furan rings is 1. The van der Waals surface area contributed by atoms with Gasteiger partial charge in [0.25, 0.3) is 0 Å². The summed E-state index contributed by atoms with van der Waals surface area (Å²) in [5.41, 5.74) is -7.97. The Balaban J connectivity index is 2.37. The van der Waals surface area contributed by atoms with Gasteiger partial charge in [-0.15, -0.1) is 0 Å². The van der Waals surface area contributed by atoms with E-state index in [1.807, 2.05) is 0 Å². The predicted molar refractivity (Wildman–Crippen MR) is 99.8 cm³/mol. The molecule has 0 saturated carbocycles. The quantitative estimate of drug-likeness (QED) is 0.126. The van der Waals surface area contributed by atoms with Gasteiger partial charge in [0.2, 0.25) is 5.75 Å². The average molecular weight is 477 g/mol. The molecule has 32 heavy (non-hydrogen) atoms. The first-order valence-corrected chi connectivity index (χ1v) is 9.96. The summed E-state index contributed by atoms with van der Waals surface area (Å²) in [4.78, 5) is 23.1. The van der Waals surface area contributed by atoms with Crippen molar-refractivity contribution in [2.24, 2.45) is 0 Å². The Morgan fingerprint density at radius 3 is 2.31 bits per heavy atom.